The molecule has 188 valence electrons. The van der Waals surface area contributed by atoms with Crippen LogP contribution in [-0.4, -0.2) is 11.2 Å². The average Bonchev–Trinajstić information content (AvgIpc) is 2.98. The maximum absolute atomic E-state index is 6.27. The van der Waals surface area contributed by atoms with Crippen LogP contribution in [0, 0.1) is 0 Å². The highest BCUT2D eigenvalue weighted by Gasteiger charge is 2.17. The van der Waals surface area contributed by atoms with Crippen molar-refractivity contribution in [3.05, 3.63) is 131 Å². The minimum absolute atomic E-state index is 0.464. The fraction of sp³-hybridized carbons (Fsp3) is 0.176. The van der Waals surface area contributed by atoms with Crippen LogP contribution >= 0.6 is 0 Å². The molecular weight excluding hydrogens is 468 g/mol. The minimum atomic E-state index is 0.464. The summed E-state index contributed by atoms with van der Waals surface area (Å²) in [4.78, 5) is 9.98. The topological polar surface area (TPSA) is 43.7 Å². The Morgan fingerprint density at radius 2 is 1.34 bits per heavy atom. The van der Waals surface area contributed by atoms with E-state index >= 15 is 0 Å². The Morgan fingerprint density at radius 3 is 2.11 bits per heavy atom. The Hall–Kier alpha value is -4.44. The molecule has 0 bridgehead atoms. The molecule has 0 unspecified atom stereocenters. The molecule has 0 fully saturated rings. The van der Waals surface area contributed by atoms with Crippen molar-refractivity contribution in [2.75, 3.05) is 0 Å². The molecule has 1 aliphatic rings. The van der Waals surface area contributed by atoms with E-state index in [-0.39, 0.29) is 0 Å². The zero-order valence-corrected chi connectivity index (χ0v) is 21.3. The van der Waals surface area contributed by atoms with Crippen LogP contribution in [-0.2, 0) is 26.1 Å². The number of aromatic nitrogens is 1. The number of rotatable bonds is 8. The number of hydrogen-bond donors (Lipinski definition) is 0. The summed E-state index contributed by atoms with van der Waals surface area (Å²) < 4.78 is 12.5. The number of para-hydroxylation sites is 1. The Kier molecular flexibility index (Phi) is 7.12. The number of ether oxygens (including phenoxy) is 2. The summed E-state index contributed by atoms with van der Waals surface area (Å²) in [5.41, 5.74) is 7.72. The van der Waals surface area contributed by atoms with Gasteiger partial charge in [-0.05, 0) is 72.2 Å². The molecule has 4 heteroatoms. The van der Waals surface area contributed by atoms with E-state index in [0.717, 1.165) is 46.1 Å². The van der Waals surface area contributed by atoms with Gasteiger partial charge in [0, 0.05) is 17.3 Å². The van der Waals surface area contributed by atoms with Gasteiger partial charge in [-0.15, -0.1) is 0 Å². The molecule has 0 saturated heterocycles. The summed E-state index contributed by atoms with van der Waals surface area (Å²) in [5, 5.41) is 1.10. The van der Waals surface area contributed by atoms with Gasteiger partial charge < -0.3 is 9.47 Å². The summed E-state index contributed by atoms with van der Waals surface area (Å²) >= 11 is 0. The Balaban J connectivity index is 1.31. The van der Waals surface area contributed by atoms with Gasteiger partial charge in [0.25, 0.3) is 0 Å². The third kappa shape index (κ3) is 5.45. The first-order valence-electron chi connectivity index (χ1n) is 13.3. The molecule has 1 aliphatic carbocycles. The smallest absolute Gasteiger partial charge is 0.162 e. The molecular formula is C34H30N2O2. The normalized spacial score (nSPS) is 12.9. The lowest BCUT2D eigenvalue weighted by molar-refractivity contribution is 0.256. The molecule has 0 N–H and O–H groups in total. The Bertz CT molecular complexity index is 1560. The van der Waals surface area contributed by atoms with Crippen molar-refractivity contribution in [2.45, 2.75) is 38.9 Å². The van der Waals surface area contributed by atoms with E-state index in [1.807, 2.05) is 66.9 Å². The van der Waals surface area contributed by atoms with E-state index < -0.39 is 0 Å². The molecule has 38 heavy (non-hydrogen) atoms. The van der Waals surface area contributed by atoms with Crippen molar-refractivity contribution < 1.29 is 9.47 Å². The van der Waals surface area contributed by atoms with E-state index in [0.29, 0.717) is 24.7 Å². The summed E-state index contributed by atoms with van der Waals surface area (Å²) in [6, 6.07) is 34.7. The second kappa shape index (κ2) is 11.3. The number of aliphatic imine (C=N–C) groups is 1. The largest absolute Gasteiger partial charge is 0.485 e. The number of pyridine rings is 1. The van der Waals surface area contributed by atoms with Crippen LogP contribution in [0.1, 0.15) is 40.8 Å². The first kappa shape index (κ1) is 23.9. The fourth-order valence-electron chi connectivity index (χ4n) is 4.94. The van der Waals surface area contributed by atoms with E-state index in [1.165, 1.54) is 24.1 Å². The van der Waals surface area contributed by atoms with Crippen LogP contribution in [0.5, 0.6) is 11.5 Å². The molecule has 4 nitrogen and oxygen atoms in total. The Labute approximate surface area is 223 Å². The quantitative estimate of drug-likeness (QED) is 0.203. The zero-order valence-electron chi connectivity index (χ0n) is 21.3. The molecule has 0 saturated carbocycles. The van der Waals surface area contributed by atoms with Gasteiger partial charge in [-0.1, -0.05) is 78.9 Å². The first-order chi connectivity index (χ1) is 18.8. The predicted molar refractivity (Wildman–Crippen MR) is 154 cm³/mol. The average molecular weight is 499 g/mol. The van der Waals surface area contributed by atoms with Crippen molar-refractivity contribution in [2.24, 2.45) is 4.99 Å². The predicted octanol–water partition coefficient (Wildman–Crippen LogP) is 8.02. The number of benzene rings is 4. The van der Waals surface area contributed by atoms with Crippen molar-refractivity contribution >= 4 is 22.8 Å². The van der Waals surface area contributed by atoms with E-state index in [4.69, 9.17) is 19.5 Å². The van der Waals surface area contributed by atoms with Gasteiger partial charge in [-0.3, -0.25) is 9.98 Å². The first-order valence-corrected chi connectivity index (χ1v) is 13.3. The van der Waals surface area contributed by atoms with Crippen LogP contribution in [0.15, 0.2) is 108 Å². The van der Waals surface area contributed by atoms with E-state index in [1.54, 1.807) is 0 Å². The Morgan fingerprint density at radius 1 is 0.684 bits per heavy atom. The second-order valence-electron chi connectivity index (χ2n) is 9.62. The third-order valence-corrected chi connectivity index (χ3v) is 6.92. The molecule has 1 aromatic heterocycles. The van der Waals surface area contributed by atoms with Crippen molar-refractivity contribution in [1.82, 2.24) is 4.98 Å². The van der Waals surface area contributed by atoms with Crippen LogP contribution in [0.3, 0.4) is 0 Å². The molecule has 4 aromatic carbocycles. The van der Waals surface area contributed by atoms with Gasteiger partial charge in [0.05, 0.1) is 11.2 Å². The highest BCUT2D eigenvalue weighted by molar-refractivity contribution is 5.95. The summed E-state index contributed by atoms with van der Waals surface area (Å²) in [6.45, 7) is 0.941. The van der Waals surface area contributed by atoms with Crippen LogP contribution in [0.4, 0.5) is 5.69 Å². The van der Waals surface area contributed by atoms with Gasteiger partial charge in [0.15, 0.2) is 11.5 Å². The van der Waals surface area contributed by atoms with Crippen LogP contribution in [0.25, 0.3) is 10.9 Å². The fourth-order valence-corrected chi connectivity index (χ4v) is 4.94. The van der Waals surface area contributed by atoms with Gasteiger partial charge in [-0.25, -0.2) is 0 Å². The molecule has 6 rings (SSSR count). The van der Waals surface area contributed by atoms with Gasteiger partial charge in [-0.2, -0.15) is 0 Å². The lowest BCUT2D eigenvalue weighted by Crippen LogP contribution is -2.06. The maximum Gasteiger partial charge on any atom is 0.162 e. The number of aryl methyl sites for hydroxylation is 1. The summed E-state index contributed by atoms with van der Waals surface area (Å²) in [5.74, 6) is 1.42. The van der Waals surface area contributed by atoms with E-state index in [2.05, 4.69) is 42.5 Å². The van der Waals surface area contributed by atoms with Crippen LogP contribution in [0.2, 0.25) is 0 Å². The number of fused-ring (bicyclic) bond motifs is 2. The SMILES string of the molecule is C(=Nc1c2c(nc3ccccc13)CCCC2)c1ccc(OCc2ccccc2)c(OCc2ccccc2)c1. The van der Waals surface area contributed by atoms with Gasteiger partial charge in [0.2, 0.25) is 0 Å². The molecule has 5 aromatic rings. The zero-order chi connectivity index (χ0) is 25.6. The summed E-state index contributed by atoms with van der Waals surface area (Å²) in [7, 11) is 0. The van der Waals surface area contributed by atoms with Gasteiger partial charge >= 0.3 is 0 Å². The molecule has 0 spiro atoms. The van der Waals surface area contributed by atoms with Crippen molar-refractivity contribution in [1.29, 1.82) is 0 Å². The summed E-state index contributed by atoms with van der Waals surface area (Å²) in [6.07, 6.45) is 6.35. The lowest BCUT2D eigenvalue weighted by atomic mass is 9.93. The number of hydrogen-bond acceptors (Lipinski definition) is 4. The molecule has 0 atom stereocenters. The molecule has 0 aliphatic heterocycles. The minimum Gasteiger partial charge on any atom is -0.485 e. The van der Waals surface area contributed by atoms with Gasteiger partial charge in [0.1, 0.15) is 13.2 Å². The molecule has 0 radical (unpaired) electrons. The highest BCUT2D eigenvalue weighted by Crippen LogP contribution is 2.36. The third-order valence-electron chi connectivity index (χ3n) is 6.92. The number of nitrogens with zero attached hydrogens (tertiary/aromatic N) is 2. The van der Waals surface area contributed by atoms with Crippen LogP contribution < -0.4 is 9.47 Å². The molecule has 0 amide bonds. The molecule has 1 heterocycles. The second-order valence-corrected chi connectivity index (χ2v) is 9.62. The van der Waals surface area contributed by atoms with Crippen molar-refractivity contribution in [3.63, 3.8) is 0 Å². The van der Waals surface area contributed by atoms with E-state index in [9.17, 15) is 0 Å². The van der Waals surface area contributed by atoms with Crippen molar-refractivity contribution in [3.8, 4) is 11.5 Å². The maximum atomic E-state index is 6.27. The standard InChI is InChI=1S/C34H30N2O2/c1-3-11-25(12-4-1)23-37-32-20-19-27(21-33(32)38-24-26-13-5-2-6-14-26)22-35-34-28-15-7-9-17-30(28)36-31-18-10-8-16-29(31)34/h1-7,9,11-15,17,19-22H,8,10,16,18,23-24H2. The highest BCUT2D eigenvalue weighted by atomic mass is 16.5. The monoisotopic (exact) mass is 498 g/mol. The lowest BCUT2D eigenvalue weighted by Gasteiger charge is -2.18.